The summed E-state index contributed by atoms with van der Waals surface area (Å²) < 4.78 is 16.2. The molecular weight excluding hydrogens is 342 g/mol. The van der Waals surface area contributed by atoms with Crippen molar-refractivity contribution in [3.8, 4) is 17.2 Å². The number of nitrogens with one attached hydrogen (secondary N) is 1. The summed E-state index contributed by atoms with van der Waals surface area (Å²) in [6, 6.07) is 11.8. The standard InChI is InChI=1S/C22H29NO4/c1-5-6-17-7-9-19(10-8-17)27-15-22(24)23-12-11-18-14-21(26-4)20(25-3)13-16(18)2/h7-10,13-14H,5-6,11-12,15H2,1-4H3,(H,23,24). The first-order chi connectivity index (χ1) is 13.1. The molecule has 1 amide bonds. The number of benzene rings is 2. The summed E-state index contributed by atoms with van der Waals surface area (Å²) in [5.74, 6) is 1.98. The van der Waals surface area contributed by atoms with Gasteiger partial charge in [0.15, 0.2) is 18.1 Å². The Morgan fingerprint density at radius 1 is 1.00 bits per heavy atom. The highest BCUT2D eigenvalue weighted by atomic mass is 16.5. The van der Waals surface area contributed by atoms with Crippen LogP contribution < -0.4 is 19.5 Å². The Hall–Kier alpha value is -2.69. The Morgan fingerprint density at radius 3 is 2.30 bits per heavy atom. The normalized spacial score (nSPS) is 10.4. The second-order valence-electron chi connectivity index (χ2n) is 6.42. The van der Waals surface area contributed by atoms with Gasteiger partial charge in [0.1, 0.15) is 5.75 Å². The maximum atomic E-state index is 12.0. The largest absolute Gasteiger partial charge is 0.493 e. The van der Waals surface area contributed by atoms with Crippen LogP contribution in [0.1, 0.15) is 30.0 Å². The molecular formula is C22H29NO4. The fourth-order valence-corrected chi connectivity index (χ4v) is 2.87. The zero-order valence-electron chi connectivity index (χ0n) is 16.6. The molecule has 1 N–H and O–H groups in total. The van der Waals surface area contributed by atoms with Gasteiger partial charge >= 0.3 is 0 Å². The lowest BCUT2D eigenvalue weighted by Gasteiger charge is -2.13. The van der Waals surface area contributed by atoms with Crippen LogP contribution in [0.25, 0.3) is 0 Å². The Balaban J connectivity index is 1.79. The summed E-state index contributed by atoms with van der Waals surface area (Å²) in [7, 11) is 3.24. The summed E-state index contributed by atoms with van der Waals surface area (Å²) in [6.45, 7) is 4.72. The molecule has 0 bridgehead atoms. The van der Waals surface area contributed by atoms with Gasteiger partial charge in [0.25, 0.3) is 5.91 Å². The Kier molecular flexibility index (Phi) is 7.99. The van der Waals surface area contributed by atoms with Crippen LogP contribution in [0.5, 0.6) is 17.2 Å². The number of amides is 1. The molecule has 5 nitrogen and oxygen atoms in total. The molecule has 5 heteroatoms. The number of carbonyl (C=O) groups excluding carboxylic acids is 1. The second-order valence-corrected chi connectivity index (χ2v) is 6.42. The number of rotatable bonds is 10. The molecule has 0 unspecified atom stereocenters. The van der Waals surface area contributed by atoms with Gasteiger partial charge < -0.3 is 19.5 Å². The van der Waals surface area contributed by atoms with Crippen LogP contribution in [0.3, 0.4) is 0 Å². The van der Waals surface area contributed by atoms with E-state index in [0.29, 0.717) is 30.2 Å². The molecule has 0 heterocycles. The van der Waals surface area contributed by atoms with E-state index in [1.807, 2.05) is 43.3 Å². The lowest BCUT2D eigenvalue weighted by Crippen LogP contribution is -2.30. The number of aryl methyl sites for hydroxylation is 2. The second kappa shape index (κ2) is 10.5. The van der Waals surface area contributed by atoms with Crippen LogP contribution in [0, 0.1) is 6.92 Å². The van der Waals surface area contributed by atoms with Crippen molar-refractivity contribution >= 4 is 5.91 Å². The summed E-state index contributed by atoms with van der Waals surface area (Å²) in [4.78, 5) is 12.0. The van der Waals surface area contributed by atoms with E-state index in [4.69, 9.17) is 14.2 Å². The molecule has 0 saturated heterocycles. The van der Waals surface area contributed by atoms with E-state index in [9.17, 15) is 4.79 Å². The van der Waals surface area contributed by atoms with Crippen LogP contribution in [-0.2, 0) is 17.6 Å². The monoisotopic (exact) mass is 371 g/mol. The highest BCUT2D eigenvalue weighted by molar-refractivity contribution is 5.77. The summed E-state index contributed by atoms with van der Waals surface area (Å²) in [6.07, 6.45) is 2.88. The van der Waals surface area contributed by atoms with Crippen molar-refractivity contribution in [2.75, 3.05) is 27.4 Å². The summed E-state index contributed by atoms with van der Waals surface area (Å²) in [5, 5.41) is 2.89. The number of carbonyl (C=O) groups is 1. The van der Waals surface area contributed by atoms with E-state index < -0.39 is 0 Å². The molecule has 0 saturated carbocycles. The van der Waals surface area contributed by atoms with Crippen LogP contribution >= 0.6 is 0 Å². The van der Waals surface area contributed by atoms with Gasteiger partial charge in [0.2, 0.25) is 0 Å². The molecule has 146 valence electrons. The highest BCUT2D eigenvalue weighted by Crippen LogP contribution is 2.30. The van der Waals surface area contributed by atoms with Crippen molar-refractivity contribution in [1.29, 1.82) is 0 Å². The number of hydrogen-bond acceptors (Lipinski definition) is 4. The molecule has 0 aliphatic rings. The zero-order chi connectivity index (χ0) is 19.6. The number of ether oxygens (including phenoxy) is 3. The third-order valence-electron chi connectivity index (χ3n) is 4.39. The minimum Gasteiger partial charge on any atom is -0.493 e. The van der Waals surface area contributed by atoms with Gasteiger partial charge in [0.05, 0.1) is 14.2 Å². The van der Waals surface area contributed by atoms with Crippen molar-refractivity contribution in [2.24, 2.45) is 0 Å². The van der Waals surface area contributed by atoms with E-state index in [1.165, 1.54) is 5.56 Å². The van der Waals surface area contributed by atoms with E-state index in [0.717, 1.165) is 24.0 Å². The predicted molar refractivity (Wildman–Crippen MR) is 107 cm³/mol. The van der Waals surface area contributed by atoms with Crippen molar-refractivity contribution in [1.82, 2.24) is 5.32 Å². The Morgan fingerprint density at radius 2 is 1.67 bits per heavy atom. The maximum Gasteiger partial charge on any atom is 0.257 e. The molecule has 2 rings (SSSR count). The first kappa shape index (κ1) is 20.6. The molecule has 0 aliphatic carbocycles. The molecule has 27 heavy (non-hydrogen) atoms. The molecule has 0 atom stereocenters. The van der Waals surface area contributed by atoms with Gasteiger partial charge in [-0.2, -0.15) is 0 Å². The van der Waals surface area contributed by atoms with E-state index in [-0.39, 0.29) is 12.5 Å². The van der Waals surface area contributed by atoms with Crippen LogP contribution in [-0.4, -0.2) is 33.3 Å². The van der Waals surface area contributed by atoms with Crippen LogP contribution in [0.15, 0.2) is 36.4 Å². The first-order valence-corrected chi connectivity index (χ1v) is 9.27. The molecule has 0 radical (unpaired) electrons. The molecule has 0 aromatic heterocycles. The topological polar surface area (TPSA) is 56.8 Å². The molecule has 2 aromatic rings. The van der Waals surface area contributed by atoms with E-state index >= 15 is 0 Å². The van der Waals surface area contributed by atoms with Crippen molar-refractivity contribution in [3.63, 3.8) is 0 Å². The van der Waals surface area contributed by atoms with Gasteiger partial charge in [-0.3, -0.25) is 4.79 Å². The third-order valence-corrected chi connectivity index (χ3v) is 4.39. The first-order valence-electron chi connectivity index (χ1n) is 9.27. The van der Waals surface area contributed by atoms with Gasteiger partial charge in [-0.25, -0.2) is 0 Å². The fraction of sp³-hybridized carbons (Fsp3) is 0.409. The fourth-order valence-electron chi connectivity index (χ4n) is 2.87. The summed E-state index contributed by atoms with van der Waals surface area (Å²) in [5.41, 5.74) is 3.49. The Bertz CT molecular complexity index is 741. The smallest absolute Gasteiger partial charge is 0.257 e. The van der Waals surface area contributed by atoms with Crippen molar-refractivity contribution < 1.29 is 19.0 Å². The van der Waals surface area contributed by atoms with Crippen LogP contribution in [0.2, 0.25) is 0 Å². The number of methoxy groups -OCH3 is 2. The molecule has 0 spiro atoms. The molecule has 0 fully saturated rings. The summed E-state index contributed by atoms with van der Waals surface area (Å²) >= 11 is 0. The van der Waals surface area contributed by atoms with Crippen molar-refractivity contribution in [2.45, 2.75) is 33.1 Å². The minimum atomic E-state index is -0.134. The lowest BCUT2D eigenvalue weighted by molar-refractivity contribution is -0.123. The third kappa shape index (κ3) is 6.20. The highest BCUT2D eigenvalue weighted by Gasteiger charge is 2.09. The van der Waals surface area contributed by atoms with Gasteiger partial charge in [-0.05, 0) is 60.7 Å². The molecule has 2 aromatic carbocycles. The Labute approximate surface area is 161 Å². The van der Waals surface area contributed by atoms with Gasteiger partial charge in [-0.1, -0.05) is 25.5 Å². The molecule has 0 aliphatic heterocycles. The van der Waals surface area contributed by atoms with Crippen LogP contribution in [0.4, 0.5) is 0 Å². The maximum absolute atomic E-state index is 12.0. The quantitative estimate of drug-likeness (QED) is 0.692. The van der Waals surface area contributed by atoms with E-state index in [1.54, 1.807) is 14.2 Å². The predicted octanol–water partition coefficient (Wildman–Crippen LogP) is 3.70. The SMILES string of the molecule is CCCc1ccc(OCC(=O)NCCc2cc(OC)c(OC)cc2C)cc1. The lowest BCUT2D eigenvalue weighted by atomic mass is 10.0. The van der Waals surface area contributed by atoms with Gasteiger partial charge in [0, 0.05) is 6.54 Å². The average molecular weight is 371 g/mol. The van der Waals surface area contributed by atoms with Crippen molar-refractivity contribution in [3.05, 3.63) is 53.1 Å². The number of hydrogen-bond donors (Lipinski definition) is 1. The van der Waals surface area contributed by atoms with E-state index in [2.05, 4.69) is 12.2 Å². The average Bonchev–Trinajstić information content (AvgIpc) is 2.68. The minimum absolute atomic E-state index is 0.0119. The van der Waals surface area contributed by atoms with Gasteiger partial charge in [-0.15, -0.1) is 0 Å². The zero-order valence-corrected chi connectivity index (χ0v) is 16.6.